The van der Waals surface area contributed by atoms with Crippen LogP contribution in [0, 0.1) is 0 Å². The topological polar surface area (TPSA) is 76.7 Å². The highest BCUT2D eigenvalue weighted by Gasteiger charge is 2.33. The molecule has 1 aliphatic heterocycles. The largest absolute Gasteiger partial charge is 0.496 e. The first-order valence-electron chi connectivity index (χ1n) is 6.18. The molecule has 7 heteroatoms. The van der Waals surface area contributed by atoms with Gasteiger partial charge in [-0.3, -0.25) is 0 Å². The molecule has 0 saturated carbocycles. The predicted octanol–water partition coefficient (Wildman–Crippen LogP) is 2.15. The second-order valence-electron chi connectivity index (χ2n) is 4.45. The Kier molecular flexibility index (Phi) is 4.37. The number of ether oxygens (including phenoxy) is 2. The number of amides is 2. The molecule has 2 rings (SSSR count). The van der Waals surface area contributed by atoms with Crippen LogP contribution in [-0.2, 0) is 9.53 Å². The Morgan fingerprint density at radius 2 is 2.05 bits per heavy atom. The lowest BCUT2D eigenvalue weighted by molar-refractivity contribution is -0.136. The number of rotatable bonds is 3. The summed E-state index contributed by atoms with van der Waals surface area (Å²) in [6.07, 6.45) is 0. The molecule has 6 nitrogen and oxygen atoms in total. The number of halogens is 1. The van der Waals surface area contributed by atoms with Crippen LogP contribution in [0.5, 0.6) is 5.75 Å². The lowest BCUT2D eigenvalue weighted by atomic mass is 9.95. The zero-order valence-electron chi connectivity index (χ0n) is 11.8. The average molecular weight is 311 g/mol. The molecule has 1 aromatic rings. The Balaban J connectivity index is 2.59. The monoisotopic (exact) mass is 310 g/mol. The van der Waals surface area contributed by atoms with Gasteiger partial charge in [0.2, 0.25) is 0 Å². The third-order valence-corrected chi connectivity index (χ3v) is 3.41. The van der Waals surface area contributed by atoms with Gasteiger partial charge in [-0.05, 0) is 25.1 Å². The summed E-state index contributed by atoms with van der Waals surface area (Å²) < 4.78 is 10.1. The van der Waals surface area contributed by atoms with E-state index >= 15 is 0 Å². The zero-order chi connectivity index (χ0) is 15.6. The standard InChI is InChI=1S/C14H15ClN2O4/c1-7-11(13(18)21-3)12(17-14(19)16-7)9-6-8(15)4-5-10(9)20-2/h4-6,12H,1-3H3,(H2,16,17,19)/t12-/m0/s1. The number of nitrogens with one attached hydrogen (secondary N) is 2. The lowest BCUT2D eigenvalue weighted by Crippen LogP contribution is -2.45. The number of carbonyl (C=O) groups excluding carboxylic acids is 2. The zero-order valence-corrected chi connectivity index (χ0v) is 12.6. The van der Waals surface area contributed by atoms with Crippen molar-refractivity contribution in [3.8, 4) is 5.75 Å². The molecule has 0 fully saturated rings. The van der Waals surface area contributed by atoms with Gasteiger partial charge < -0.3 is 20.1 Å². The maximum atomic E-state index is 12.0. The number of carbonyl (C=O) groups is 2. The molecule has 0 spiro atoms. The Morgan fingerprint density at radius 3 is 2.67 bits per heavy atom. The molecular formula is C14H15ClN2O4. The van der Waals surface area contributed by atoms with E-state index in [2.05, 4.69) is 10.6 Å². The summed E-state index contributed by atoms with van der Waals surface area (Å²) >= 11 is 6.01. The van der Waals surface area contributed by atoms with Crippen LogP contribution < -0.4 is 15.4 Å². The van der Waals surface area contributed by atoms with Crippen LogP contribution in [0.25, 0.3) is 0 Å². The minimum Gasteiger partial charge on any atom is -0.496 e. The Hall–Kier alpha value is -2.21. The predicted molar refractivity (Wildman–Crippen MR) is 77.1 cm³/mol. The number of hydrogen-bond acceptors (Lipinski definition) is 4. The van der Waals surface area contributed by atoms with Crippen LogP contribution in [0.3, 0.4) is 0 Å². The fraction of sp³-hybridized carbons (Fsp3) is 0.286. The summed E-state index contributed by atoms with van der Waals surface area (Å²) in [5, 5.41) is 5.71. The molecule has 1 heterocycles. The summed E-state index contributed by atoms with van der Waals surface area (Å²) in [6.45, 7) is 1.63. The fourth-order valence-corrected chi connectivity index (χ4v) is 2.42. The lowest BCUT2D eigenvalue weighted by Gasteiger charge is -2.28. The number of methoxy groups -OCH3 is 2. The van der Waals surface area contributed by atoms with Crippen LogP contribution in [0.2, 0.25) is 5.02 Å². The molecule has 2 N–H and O–H groups in total. The summed E-state index contributed by atoms with van der Waals surface area (Å²) in [5.74, 6) is -0.0205. The van der Waals surface area contributed by atoms with Gasteiger partial charge in [0.1, 0.15) is 5.75 Å². The Morgan fingerprint density at radius 1 is 1.33 bits per heavy atom. The average Bonchev–Trinajstić information content (AvgIpc) is 2.45. The highest BCUT2D eigenvalue weighted by atomic mass is 35.5. The van der Waals surface area contributed by atoms with E-state index in [1.807, 2.05) is 0 Å². The van der Waals surface area contributed by atoms with Gasteiger partial charge in [-0.15, -0.1) is 0 Å². The van der Waals surface area contributed by atoms with Crippen molar-refractivity contribution in [2.45, 2.75) is 13.0 Å². The third-order valence-electron chi connectivity index (χ3n) is 3.18. The third kappa shape index (κ3) is 2.95. The fourth-order valence-electron chi connectivity index (χ4n) is 2.24. The van der Waals surface area contributed by atoms with Crippen molar-refractivity contribution >= 4 is 23.6 Å². The van der Waals surface area contributed by atoms with Crippen molar-refractivity contribution in [2.75, 3.05) is 14.2 Å². The van der Waals surface area contributed by atoms with Gasteiger partial charge in [-0.2, -0.15) is 0 Å². The molecule has 21 heavy (non-hydrogen) atoms. The maximum absolute atomic E-state index is 12.0. The first kappa shape index (κ1) is 15.2. The number of esters is 1. The molecule has 0 bridgehead atoms. The highest BCUT2D eigenvalue weighted by Crippen LogP contribution is 2.35. The second kappa shape index (κ2) is 6.05. The Labute approximate surface area is 127 Å². The quantitative estimate of drug-likeness (QED) is 0.839. The van der Waals surface area contributed by atoms with Crippen molar-refractivity contribution in [2.24, 2.45) is 0 Å². The molecule has 1 aromatic carbocycles. The van der Waals surface area contributed by atoms with E-state index in [-0.39, 0.29) is 0 Å². The van der Waals surface area contributed by atoms with Gasteiger partial charge in [0.25, 0.3) is 0 Å². The Bertz CT molecular complexity index is 627. The van der Waals surface area contributed by atoms with E-state index in [1.54, 1.807) is 25.1 Å². The van der Waals surface area contributed by atoms with Crippen molar-refractivity contribution < 1.29 is 19.1 Å². The van der Waals surface area contributed by atoms with E-state index in [1.165, 1.54) is 14.2 Å². The van der Waals surface area contributed by atoms with Crippen LogP contribution >= 0.6 is 11.6 Å². The second-order valence-corrected chi connectivity index (χ2v) is 4.88. The minimum absolute atomic E-state index is 0.303. The van der Waals surface area contributed by atoms with Gasteiger partial charge in [-0.1, -0.05) is 11.6 Å². The molecule has 1 aliphatic rings. The van der Waals surface area contributed by atoms with E-state index in [4.69, 9.17) is 21.1 Å². The van der Waals surface area contributed by atoms with E-state index in [9.17, 15) is 9.59 Å². The summed E-state index contributed by atoms with van der Waals surface area (Å²) in [7, 11) is 2.79. The molecule has 0 unspecified atom stereocenters. The number of benzene rings is 1. The highest BCUT2D eigenvalue weighted by molar-refractivity contribution is 6.30. The van der Waals surface area contributed by atoms with Crippen molar-refractivity contribution in [1.29, 1.82) is 0 Å². The van der Waals surface area contributed by atoms with Gasteiger partial charge in [0, 0.05) is 16.3 Å². The molecule has 0 aliphatic carbocycles. The first-order chi connectivity index (χ1) is 9.97. The van der Waals surface area contributed by atoms with E-state index in [0.29, 0.717) is 27.6 Å². The van der Waals surface area contributed by atoms with Gasteiger partial charge in [0.05, 0.1) is 25.8 Å². The maximum Gasteiger partial charge on any atom is 0.337 e. The number of hydrogen-bond donors (Lipinski definition) is 2. The van der Waals surface area contributed by atoms with Crippen molar-refractivity contribution in [3.63, 3.8) is 0 Å². The molecule has 112 valence electrons. The van der Waals surface area contributed by atoms with E-state index in [0.717, 1.165) is 0 Å². The van der Waals surface area contributed by atoms with Crippen molar-refractivity contribution in [1.82, 2.24) is 10.6 Å². The van der Waals surface area contributed by atoms with Crippen LogP contribution in [0.4, 0.5) is 4.79 Å². The summed E-state index contributed by atoms with van der Waals surface area (Å²) in [6, 6.07) is 3.89. The molecule has 0 aromatic heterocycles. The van der Waals surface area contributed by atoms with Gasteiger partial charge >= 0.3 is 12.0 Å². The number of allylic oxidation sites excluding steroid dienone is 1. The van der Waals surface area contributed by atoms with Crippen molar-refractivity contribution in [3.05, 3.63) is 40.1 Å². The normalized spacial score (nSPS) is 17.9. The smallest absolute Gasteiger partial charge is 0.337 e. The molecule has 0 saturated heterocycles. The summed E-state index contributed by atoms with van der Waals surface area (Å²) in [4.78, 5) is 23.7. The van der Waals surface area contributed by atoms with Crippen LogP contribution in [0.15, 0.2) is 29.5 Å². The molecule has 2 amide bonds. The minimum atomic E-state index is -0.695. The SMILES string of the molecule is COC(=O)C1=C(C)NC(=O)N[C@H]1c1cc(Cl)ccc1OC. The van der Waals surface area contributed by atoms with Crippen LogP contribution in [-0.4, -0.2) is 26.2 Å². The van der Waals surface area contributed by atoms with Crippen LogP contribution in [0.1, 0.15) is 18.5 Å². The van der Waals surface area contributed by atoms with Gasteiger partial charge in [-0.25, -0.2) is 9.59 Å². The summed E-state index contributed by atoms with van der Waals surface area (Å²) in [5.41, 5.74) is 1.31. The first-order valence-corrected chi connectivity index (χ1v) is 6.55. The molecule has 0 radical (unpaired) electrons. The van der Waals surface area contributed by atoms with Gasteiger partial charge in [0.15, 0.2) is 0 Å². The molecular weight excluding hydrogens is 296 g/mol. The molecule has 1 atom stereocenters. The van der Waals surface area contributed by atoms with E-state index < -0.39 is 18.0 Å². The number of urea groups is 1.